The maximum atomic E-state index is 6.87. The second-order valence-corrected chi connectivity index (χ2v) is 30.5. The van der Waals surface area contributed by atoms with Crippen molar-refractivity contribution >= 4 is 88.8 Å². The van der Waals surface area contributed by atoms with Gasteiger partial charge >= 0.3 is 0 Å². The molecule has 0 aliphatic carbocycles. The number of nitrogens with zero attached hydrogens (tertiary/aromatic N) is 2. The van der Waals surface area contributed by atoms with Gasteiger partial charge in [-0.1, -0.05) is 226 Å². The van der Waals surface area contributed by atoms with Crippen LogP contribution in [0.15, 0.2) is 251 Å². The lowest BCUT2D eigenvalue weighted by Crippen LogP contribution is -2.24. The van der Waals surface area contributed by atoms with Gasteiger partial charge in [-0.25, -0.2) is 0 Å². The molecule has 0 radical (unpaired) electrons. The molecule has 4 nitrogen and oxygen atoms in total. The first-order valence-corrected chi connectivity index (χ1v) is 33.5. The molecule has 468 valence electrons. The summed E-state index contributed by atoms with van der Waals surface area (Å²) in [6.45, 7) is 32.1. The Morgan fingerprint density at radius 2 is 0.543 bits per heavy atom. The number of furan rings is 2. The Labute approximate surface area is 556 Å². The fraction of sp³-hybridized carbons (Fsp3) is 0.222. The van der Waals surface area contributed by atoms with E-state index in [9.17, 15) is 0 Å². The molecule has 0 unspecified atom stereocenters. The SMILES string of the molecule is Cc1ccc(N(c2ccc(-c3ccc(-c4ccc(C(C)(C)CC(C)(C)C)cc4)cc3)cc2)c2ccc3c(c2)oc2cc4cc5c(cc4cc23)oc2cc(N(c3ccc(-c4ccc(-c6ccc(C(C)(C)CC(C)(C)C)cc6)cc4)cc3)c3ccc(C)cc3C)ccc25)c(C)c1. The molecule has 0 fully saturated rings. The number of benzene rings is 12. The lowest BCUT2D eigenvalue weighted by molar-refractivity contribution is 0.283. The number of hydrogen-bond acceptors (Lipinski definition) is 4. The summed E-state index contributed by atoms with van der Waals surface area (Å²) >= 11 is 0. The largest absolute Gasteiger partial charge is 0.456 e. The highest BCUT2D eigenvalue weighted by Gasteiger charge is 2.29. The molecule has 0 spiro atoms. The van der Waals surface area contributed by atoms with E-state index in [1.165, 1.54) is 77.9 Å². The van der Waals surface area contributed by atoms with E-state index in [1.54, 1.807) is 0 Å². The molecular weight excluding hydrogens is 1140 g/mol. The van der Waals surface area contributed by atoms with Crippen molar-refractivity contribution in [2.45, 2.75) is 121 Å². The minimum Gasteiger partial charge on any atom is -0.456 e. The molecular formula is C90H86N2O2. The zero-order chi connectivity index (χ0) is 65.6. The zero-order valence-electron chi connectivity index (χ0n) is 57.2. The third kappa shape index (κ3) is 12.2. The van der Waals surface area contributed by atoms with Crippen LogP contribution in [0, 0.1) is 38.5 Å². The van der Waals surface area contributed by atoms with Gasteiger partial charge in [-0.15, -0.1) is 0 Å². The van der Waals surface area contributed by atoms with Gasteiger partial charge in [0.2, 0.25) is 0 Å². The van der Waals surface area contributed by atoms with Crippen LogP contribution in [-0.4, -0.2) is 0 Å². The van der Waals surface area contributed by atoms with Crippen LogP contribution in [-0.2, 0) is 10.8 Å². The summed E-state index contributed by atoms with van der Waals surface area (Å²) in [5, 5.41) is 6.47. The summed E-state index contributed by atoms with van der Waals surface area (Å²) in [6.07, 6.45) is 2.25. The summed E-state index contributed by atoms with van der Waals surface area (Å²) in [6, 6.07) is 89.9. The second-order valence-electron chi connectivity index (χ2n) is 30.5. The van der Waals surface area contributed by atoms with Crippen molar-refractivity contribution in [2.24, 2.45) is 10.8 Å². The molecule has 0 aliphatic heterocycles. The zero-order valence-corrected chi connectivity index (χ0v) is 57.2. The van der Waals surface area contributed by atoms with E-state index < -0.39 is 0 Å². The summed E-state index contributed by atoms with van der Waals surface area (Å²) in [4.78, 5) is 4.71. The molecule has 14 aromatic rings. The first kappa shape index (κ1) is 61.6. The normalized spacial score (nSPS) is 12.4. The van der Waals surface area contributed by atoms with Crippen molar-refractivity contribution in [1.29, 1.82) is 0 Å². The number of fused-ring (bicyclic) bond motifs is 7. The predicted octanol–water partition coefficient (Wildman–Crippen LogP) is 26.9. The molecule has 0 saturated carbocycles. The summed E-state index contributed by atoms with van der Waals surface area (Å²) in [5.41, 5.74) is 27.8. The Hall–Kier alpha value is -9.90. The average Bonchev–Trinajstić information content (AvgIpc) is 1.60. The standard InChI is InChI=1S/C90H86N2O2/c1-57-15-45-81(59(3)47-57)91(73-37-29-67(30-38-73)63-21-17-61(18-22-63)65-25-33-71(34-26-65)89(11,12)55-87(5,6)7)75-41-43-77-79-49-69-52-84-80(50-70(69)51-83(79)93-85(77)53-75)78-44-42-76(54-86(78)94-84)92(82-46-16-58(2)48-60(82)4)74-39-31-68(32-40-74)64-23-19-62(20-24-64)66-27-35-72(36-28-66)90(13,14)56-88(8,9)10/h15-54H,55-56H2,1-14H3. The first-order valence-electron chi connectivity index (χ1n) is 33.5. The fourth-order valence-corrected chi connectivity index (χ4v) is 15.4. The molecule has 0 saturated heterocycles. The van der Waals surface area contributed by atoms with Crippen LogP contribution in [0.1, 0.15) is 115 Å². The minimum absolute atomic E-state index is 0.109. The molecule has 2 heterocycles. The lowest BCUT2D eigenvalue weighted by atomic mass is 9.72. The van der Waals surface area contributed by atoms with E-state index in [4.69, 9.17) is 8.83 Å². The van der Waals surface area contributed by atoms with Crippen LogP contribution in [0.2, 0.25) is 0 Å². The van der Waals surface area contributed by atoms with Gasteiger partial charge in [0.25, 0.3) is 0 Å². The third-order valence-electron chi connectivity index (χ3n) is 19.3. The molecule has 0 N–H and O–H groups in total. The van der Waals surface area contributed by atoms with Crippen LogP contribution in [0.5, 0.6) is 0 Å². The summed E-state index contributed by atoms with van der Waals surface area (Å²) in [7, 11) is 0. The third-order valence-corrected chi connectivity index (χ3v) is 19.3. The fourth-order valence-electron chi connectivity index (χ4n) is 15.4. The second kappa shape index (κ2) is 23.6. The Morgan fingerprint density at radius 3 is 0.840 bits per heavy atom. The number of rotatable bonds is 14. The van der Waals surface area contributed by atoms with Gasteiger partial charge in [-0.05, 0) is 225 Å². The van der Waals surface area contributed by atoms with Crippen molar-refractivity contribution < 1.29 is 8.83 Å². The lowest BCUT2D eigenvalue weighted by Gasteiger charge is -2.33. The van der Waals surface area contributed by atoms with Gasteiger partial charge in [0.15, 0.2) is 0 Å². The predicted molar refractivity (Wildman–Crippen MR) is 403 cm³/mol. The summed E-state index contributed by atoms with van der Waals surface area (Å²) < 4.78 is 13.7. The van der Waals surface area contributed by atoms with Crippen molar-refractivity contribution in [3.05, 3.63) is 276 Å². The molecule has 0 aliphatic rings. The van der Waals surface area contributed by atoms with E-state index in [-0.39, 0.29) is 21.7 Å². The Kier molecular flexibility index (Phi) is 15.5. The van der Waals surface area contributed by atoms with Gasteiger partial charge in [0.1, 0.15) is 22.3 Å². The molecule has 12 aromatic carbocycles. The smallest absolute Gasteiger partial charge is 0.137 e. The molecule has 0 bridgehead atoms. The van der Waals surface area contributed by atoms with E-state index in [0.29, 0.717) is 0 Å². The molecule has 94 heavy (non-hydrogen) atoms. The van der Waals surface area contributed by atoms with Crippen molar-refractivity contribution in [3.63, 3.8) is 0 Å². The van der Waals surface area contributed by atoms with Crippen molar-refractivity contribution in [1.82, 2.24) is 0 Å². The van der Waals surface area contributed by atoms with E-state index in [0.717, 1.165) is 102 Å². The highest BCUT2D eigenvalue weighted by molar-refractivity contribution is 6.16. The molecule has 0 atom stereocenters. The van der Waals surface area contributed by atoms with Gasteiger partial charge in [0, 0.05) is 67.8 Å². The molecule has 0 amide bonds. The Bertz CT molecular complexity index is 4810. The van der Waals surface area contributed by atoms with E-state index >= 15 is 0 Å². The number of hydrogen-bond donors (Lipinski definition) is 0. The highest BCUT2D eigenvalue weighted by Crippen LogP contribution is 2.46. The molecule has 4 heteroatoms. The molecule has 2 aromatic heterocycles. The molecule has 14 rings (SSSR count). The van der Waals surface area contributed by atoms with Crippen LogP contribution < -0.4 is 9.80 Å². The average molecular weight is 1230 g/mol. The quantitative estimate of drug-likeness (QED) is 0.109. The van der Waals surface area contributed by atoms with Crippen LogP contribution >= 0.6 is 0 Å². The van der Waals surface area contributed by atoms with E-state index in [1.807, 2.05) is 0 Å². The first-order chi connectivity index (χ1) is 44.9. The highest BCUT2D eigenvalue weighted by atomic mass is 16.3. The minimum atomic E-state index is 0.109. The van der Waals surface area contributed by atoms with Crippen molar-refractivity contribution in [3.8, 4) is 44.5 Å². The van der Waals surface area contributed by atoms with Gasteiger partial charge < -0.3 is 18.6 Å². The van der Waals surface area contributed by atoms with Gasteiger partial charge in [0.05, 0.1) is 0 Å². The maximum Gasteiger partial charge on any atom is 0.137 e. The van der Waals surface area contributed by atoms with Crippen molar-refractivity contribution in [2.75, 3.05) is 9.80 Å². The monoisotopic (exact) mass is 1230 g/mol. The van der Waals surface area contributed by atoms with Crippen LogP contribution in [0.25, 0.3) is 99.2 Å². The number of anilines is 6. The number of aryl methyl sites for hydroxylation is 4. The Morgan fingerprint density at radius 1 is 0.266 bits per heavy atom. The van der Waals surface area contributed by atoms with Gasteiger partial charge in [-0.3, -0.25) is 0 Å². The summed E-state index contributed by atoms with van der Waals surface area (Å²) in [5.74, 6) is 0. The van der Waals surface area contributed by atoms with Crippen LogP contribution in [0.3, 0.4) is 0 Å². The maximum absolute atomic E-state index is 6.87. The van der Waals surface area contributed by atoms with Gasteiger partial charge in [-0.2, -0.15) is 0 Å². The topological polar surface area (TPSA) is 32.8 Å². The van der Waals surface area contributed by atoms with E-state index in [2.05, 4.69) is 349 Å². The van der Waals surface area contributed by atoms with Crippen LogP contribution in [0.4, 0.5) is 34.1 Å². The Balaban J connectivity index is 0.735.